The van der Waals surface area contributed by atoms with Crippen molar-refractivity contribution in [3.63, 3.8) is 0 Å². The Hall–Kier alpha value is -0.480. The number of carbonyl (C=O) groups excluding carboxylic acids is 1. The fourth-order valence-corrected chi connectivity index (χ4v) is 2.64. The van der Waals surface area contributed by atoms with Crippen LogP contribution in [-0.4, -0.2) is 16.4 Å². The van der Waals surface area contributed by atoms with E-state index in [-0.39, 0.29) is 5.25 Å². The van der Waals surface area contributed by atoms with E-state index in [9.17, 15) is 4.79 Å². The highest BCUT2D eigenvalue weighted by atomic mass is 32.2. The maximum Gasteiger partial charge on any atom is 0.121 e. The van der Waals surface area contributed by atoms with Gasteiger partial charge in [0.1, 0.15) is 6.29 Å². The van der Waals surface area contributed by atoms with Crippen molar-refractivity contribution in [2.45, 2.75) is 18.6 Å². The molecule has 0 aromatic carbocycles. The largest absolute Gasteiger partial charge is 0.303 e. The van der Waals surface area contributed by atoms with Crippen molar-refractivity contribution < 1.29 is 4.79 Å². The van der Waals surface area contributed by atoms with Crippen molar-refractivity contribution in [3.8, 4) is 0 Å². The van der Waals surface area contributed by atoms with Gasteiger partial charge in [0.2, 0.25) is 0 Å². The minimum atomic E-state index is 0.193. The van der Waals surface area contributed by atoms with Crippen LogP contribution in [0.15, 0.2) is 18.5 Å². The van der Waals surface area contributed by atoms with E-state index >= 15 is 0 Å². The Morgan fingerprint density at radius 2 is 2.50 bits per heavy atom. The lowest BCUT2D eigenvalue weighted by Crippen LogP contribution is -1.99. The summed E-state index contributed by atoms with van der Waals surface area (Å²) in [5.41, 5.74) is 2.32. The fourth-order valence-electron chi connectivity index (χ4n) is 1.28. The first kappa shape index (κ1) is 11.6. The first-order valence-electron chi connectivity index (χ1n) is 4.36. The number of carbonyl (C=O) groups is 1. The van der Waals surface area contributed by atoms with Gasteiger partial charge in [-0.3, -0.25) is 4.98 Å². The van der Waals surface area contributed by atoms with E-state index in [4.69, 9.17) is 0 Å². The second-order valence-corrected chi connectivity index (χ2v) is 4.85. The number of hydrogen-bond donors (Lipinski definition) is 1. The molecule has 1 heterocycles. The molecule has 0 amide bonds. The van der Waals surface area contributed by atoms with Crippen LogP contribution in [0, 0.1) is 6.92 Å². The maximum atomic E-state index is 10.5. The molecule has 76 valence electrons. The van der Waals surface area contributed by atoms with Gasteiger partial charge < -0.3 is 4.79 Å². The Bertz CT molecular complexity index is 304. The summed E-state index contributed by atoms with van der Waals surface area (Å²) in [4.78, 5) is 14.6. The van der Waals surface area contributed by atoms with Crippen LogP contribution in [0.25, 0.3) is 0 Å². The maximum absolute atomic E-state index is 10.5. The van der Waals surface area contributed by atoms with Crippen LogP contribution in [0.4, 0.5) is 0 Å². The van der Waals surface area contributed by atoms with Crippen molar-refractivity contribution in [1.82, 2.24) is 4.98 Å². The SMILES string of the molecule is Cc1ccncc1C(CC=O)SCS. The van der Waals surface area contributed by atoms with Crippen LogP contribution < -0.4 is 0 Å². The topological polar surface area (TPSA) is 30.0 Å². The van der Waals surface area contributed by atoms with Crippen LogP contribution >= 0.6 is 24.4 Å². The molecule has 0 aliphatic heterocycles. The lowest BCUT2D eigenvalue weighted by atomic mass is 10.1. The van der Waals surface area contributed by atoms with Crippen molar-refractivity contribution in [1.29, 1.82) is 0 Å². The Morgan fingerprint density at radius 3 is 3.07 bits per heavy atom. The summed E-state index contributed by atoms with van der Waals surface area (Å²) >= 11 is 5.82. The molecule has 2 nitrogen and oxygen atoms in total. The molecule has 1 atom stereocenters. The van der Waals surface area contributed by atoms with Crippen molar-refractivity contribution in [2.75, 3.05) is 5.08 Å². The summed E-state index contributed by atoms with van der Waals surface area (Å²) in [6.07, 6.45) is 5.08. The van der Waals surface area contributed by atoms with E-state index in [1.165, 1.54) is 5.56 Å². The Morgan fingerprint density at radius 1 is 1.71 bits per heavy atom. The van der Waals surface area contributed by atoms with Crippen LogP contribution in [0.2, 0.25) is 0 Å². The summed E-state index contributed by atoms with van der Waals surface area (Å²) in [6, 6.07) is 1.96. The van der Waals surface area contributed by atoms with E-state index in [2.05, 4.69) is 17.6 Å². The Kier molecular flexibility index (Phi) is 5.04. The average Bonchev–Trinajstić information content (AvgIpc) is 2.18. The lowest BCUT2D eigenvalue weighted by Gasteiger charge is -2.14. The third-order valence-electron chi connectivity index (χ3n) is 2.01. The van der Waals surface area contributed by atoms with Gasteiger partial charge >= 0.3 is 0 Å². The second-order valence-electron chi connectivity index (χ2n) is 2.92. The molecule has 0 saturated carbocycles. The molecule has 14 heavy (non-hydrogen) atoms. The van der Waals surface area contributed by atoms with Crippen LogP contribution in [0.1, 0.15) is 22.8 Å². The molecule has 1 unspecified atom stereocenters. The van der Waals surface area contributed by atoms with Gasteiger partial charge in [0.05, 0.1) is 0 Å². The number of rotatable bonds is 5. The second kappa shape index (κ2) is 6.09. The highest BCUT2D eigenvalue weighted by molar-refractivity contribution is 8.09. The van der Waals surface area contributed by atoms with E-state index in [0.29, 0.717) is 11.5 Å². The number of pyridine rings is 1. The van der Waals surface area contributed by atoms with Crippen LogP contribution in [-0.2, 0) is 4.79 Å². The number of thioether (sulfide) groups is 1. The number of nitrogens with zero attached hydrogens (tertiary/aromatic N) is 1. The quantitative estimate of drug-likeness (QED) is 0.476. The van der Waals surface area contributed by atoms with Gasteiger partial charge in [-0.1, -0.05) is 0 Å². The van der Waals surface area contributed by atoms with Gasteiger partial charge in [-0.15, -0.1) is 11.8 Å². The molecule has 0 spiro atoms. The first-order valence-corrected chi connectivity index (χ1v) is 6.04. The Balaban J connectivity index is 2.86. The van der Waals surface area contributed by atoms with E-state index < -0.39 is 0 Å². The Labute approximate surface area is 93.9 Å². The van der Waals surface area contributed by atoms with Crippen molar-refractivity contribution in [3.05, 3.63) is 29.6 Å². The van der Waals surface area contributed by atoms with Crippen LogP contribution in [0.3, 0.4) is 0 Å². The van der Waals surface area contributed by atoms with Gasteiger partial charge in [-0.25, -0.2) is 0 Å². The van der Waals surface area contributed by atoms with Crippen molar-refractivity contribution >= 4 is 30.7 Å². The zero-order chi connectivity index (χ0) is 10.4. The number of aromatic nitrogens is 1. The molecule has 0 saturated heterocycles. The molecule has 0 fully saturated rings. The number of hydrogen-bond acceptors (Lipinski definition) is 4. The smallest absolute Gasteiger partial charge is 0.121 e. The molecule has 0 aliphatic rings. The highest BCUT2D eigenvalue weighted by Crippen LogP contribution is 2.33. The highest BCUT2D eigenvalue weighted by Gasteiger charge is 2.12. The molecular formula is C10H13NOS2. The standard InChI is InChI=1S/C10H13NOS2/c1-8-2-4-11-6-9(8)10(3-5-12)14-7-13/h2,4-6,10,13H,3,7H2,1H3. The molecule has 0 radical (unpaired) electrons. The van der Waals surface area contributed by atoms with Gasteiger partial charge in [0.15, 0.2) is 0 Å². The summed E-state index contributed by atoms with van der Waals surface area (Å²) in [5, 5.41) is 0.908. The zero-order valence-corrected chi connectivity index (χ0v) is 9.72. The molecule has 1 aromatic rings. The predicted molar refractivity (Wildman–Crippen MR) is 63.8 cm³/mol. The summed E-state index contributed by atoms with van der Waals surface area (Å²) in [7, 11) is 0. The molecule has 4 heteroatoms. The number of aryl methyl sites for hydroxylation is 1. The van der Waals surface area contributed by atoms with Gasteiger partial charge in [0, 0.05) is 29.1 Å². The first-order chi connectivity index (χ1) is 6.79. The molecule has 1 aromatic heterocycles. The number of thiol groups is 1. The zero-order valence-electron chi connectivity index (χ0n) is 8.01. The third kappa shape index (κ3) is 3.03. The van der Waals surface area contributed by atoms with E-state index in [0.717, 1.165) is 11.8 Å². The number of aldehydes is 1. The summed E-state index contributed by atoms with van der Waals surface area (Å²) in [6.45, 7) is 2.04. The molecule has 0 bridgehead atoms. The average molecular weight is 227 g/mol. The van der Waals surface area contributed by atoms with Gasteiger partial charge in [-0.2, -0.15) is 12.6 Å². The van der Waals surface area contributed by atoms with Crippen molar-refractivity contribution in [2.24, 2.45) is 0 Å². The minimum absolute atomic E-state index is 0.193. The summed E-state index contributed by atoms with van der Waals surface area (Å²) < 4.78 is 0. The summed E-state index contributed by atoms with van der Waals surface area (Å²) in [5.74, 6) is 0. The van der Waals surface area contributed by atoms with E-state index in [1.807, 2.05) is 19.2 Å². The van der Waals surface area contributed by atoms with Gasteiger partial charge in [-0.05, 0) is 24.1 Å². The predicted octanol–water partition coefficient (Wildman–Crippen LogP) is 2.64. The monoisotopic (exact) mass is 227 g/mol. The molecule has 1 rings (SSSR count). The normalized spacial score (nSPS) is 12.4. The van der Waals surface area contributed by atoms with Crippen LogP contribution in [0.5, 0.6) is 0 Å². The van der Waals surface area contributed by atoms with E-state index in [1.54, 1.807) is 18.0 Å². The lowest BCUT2D eigenvalue weighted by molar-refractivity contribution is -0.107. The molecular weight excluding hydrogens is 214 g/mol. The van der Waals surface area contributed by atoms with Gasteiger partial charge in [0.25, 0.3) is 0 Å². The molecule has 0 aliphatic carbocycles. The minimum Gasteiger partial charge on any atom is -0.303 e. The third-order valence-corrected chi connectivity index (χ3v) is 3.46. The fraction of sp³-hybridized carbons (Fsp3) is 0.400. The molecule has 0 N–H and O–H groups in total.